The van der Waals surface area contributed by atoms with E-state index in [2.05, 4.69) is 29.8 Å². The van der Waals surface area contributed by atoms with Crippen molar-refractivity contribution in [2.75, 3.05) is 0 Å². The number of piperidine rings is 1. The molecule has 1 heterocycles. The Kier molecular flexibility index (Phi) is 1.38. The molecule has 1 N–H and O–H groups in total. The van der Waals surface area contributed by atoms with Gasteiger partial charge in [0.25, 0.3) is 0 Å². The summed E-state index contributed by atoms with van der Waals surface area (Å²) in [6, 6.07) is 0.227. The van der Waals surface area contributed by atoms with Crippen molar-refractivity contribution in [3.8, 4) is 0 Å². The van der Waals surface area contributed by atoms with Crippen LogP contribution in [0.5, 0.6) is 0 Å². The average Bonchev–Trinajstić information content (AvgIpc) is 2.67. The Hall–Kier alpha value is -1.27. The highest BCUT2D eigenvalue weighted by Crippen LogP contribution is 2.56. The Morgan fingerprint density at radius 3 is 3.14 bits per heavy atom. The second-order valence-corrected chi connectivity index (χ2v) is 4.50. The van der Waals surface area contributed by atoms with Crippen LogP contribution >= 0.6 is 0 Å². The summed E-state index contributed by atoms with van der Waals surface area (Å²) in [5, 5.41) is 3.07. The Bertz CT molecular complexity index is 389. The van der Waals surface area contributed by atoms with Crippen LogP contribution in [-0.4, -0.2) is 11.9 Å². The summed E-state index contributed by atoms with van der Waals surface area (Å²) >= 11 is 0. The van der Waals surface area contributed by atoms with Gasteiger partial charge in [-0.3, -0.25) is 4.79 Å². The SMILES string of the molecule is C=C=C1CC23CC=CCC2C1NC3=O. The van der Waals surface area contributed by atoms with E-state index >= 15 is 0 Å². The minimum Gasteiger partial charge on any atom is -0.348 e. The molecule has 2 nitrogen and oxygen atoms in total. The molecule has 3 rings (SSSR count). The lowest BCUT2D eigenvalue weighted by Crippen LogP contribution is -2.38. The lowest BCUT2D eigenvalue weighted by molar-refractivity contribution is -0.129. The molecule has 2 heteroatoms. The van der Waals surface area contributed by atoms with Crippen LogP contribution < -0.4 is 5.32 Å². The Morgan fingerprint density at radius 1 is 1.57 bits per heavy atom. The molecule has 0 radical (unpaired) electrons. The van der Waals surface area contributed by atoms with E-state index in [1.807, 2.05) is 0 Å². The lowest BCUT2D eigenvalue weighted by atomic mass is 9.72. The largest absolute Gasteiger partial charge is 0.348 e. The molecule has 2 fully saturated rings. The van der Waals surface area contributed by atoms with Crippen LogP contribution in [0.25, 0.3) is 0 Å². The molecule has 3 atom stereocenters. The molecule has 2 aliphatic carbocycles. The van der Waals surface area contributed by atoms with Crippen molar-refractivity contribution in [3.05, 3.63) is 30.0 Å². The first-order valence-corrected chi connectivity index (χ1v) is 5.13. The van der Waals surface area contributed by atoms with Gasteiger partial charge < -0.3 is 5.32 Å². The molecule has 1 aliphatic heterocycles. The fourth-order valence-electron chi connectivity index (χ4n) is 3.25. The standard InChI is InChI=1S/C12H13NO/c1-2-8-7-12-6-4-3-5-9(12)10(8)13-11(12)14/h3-4,9-10H,1,5-7H2,(H,13,14). The van der Waals surface area contributed by atoms with Gasteiger partial charge in [0.2, 0.25) is 5.91 Å². The molecule has 0 aromatic rings. The molecule has 0 aromatic heterocycles. The molecule has 2 bridgehead atoms. The number of nitrogens with one attached hydrogen (secondary N) is 1. The van der Waals surface area contributed by atoms with Crippen molar-refractivity contribution in [1.82, 2.24) is 5.32 Å². The van der Waals surface area contributed by atoms with Crippen molar-refractivity contribution < 1.29 is 4.79 Å². The first kappa shape index (κ1) is 8.07. The van der Waals surface area contributed by atoms with E-state index in [9.17, 15) is 4.79 Å². The molecule has 3 aliphatic rings. The zero-order chi connectivity index (χ0) is 9.76. The molecular formula is C12H13NO. The normalized spacial score (nSPS) is 43.4. The van der Waals surface area contributed by atoms with Crippen LogP contribution in [0.2, 0.25) is 0 Å². The number of carbonyl (C=O) groups excluding carboxylic acids is 1. The van der Waals surface area contributed by atoms with Crippen LogP contribution in [0.15, 0.2) is 30.0 Å². The summed E-state index contributed by atoms with van der Waals surface area (Å²) in [6.45, 7) is 3.71. The van der Waals surface area contributed by atoms with Crippen LogP contribution in [0.4, 0.5) is 0 Å². The fraction of sp³-hybridized carbons (Fsp3) is 0.500. The molecule has 0 aromatic carbocycles. The summed E-state index contributed by atoms with van der Waals surface area (Å²) in [7, 11) is 0. The summed E-state index contributed by atoms with van der Waals surface area (Å²) in [6.07, 6.45) is 7.13. The maximum atomic E-state index is 11.8. The van der Waals surface area contributed by atoms with E-state index < -0.39 is 0 Å². The third-order valence-corrected chi connectivity index (χ3v) is 4.00. The summed E-state index contributed by atoms with van der Waals surface area (Å²) in [4.78, 5) is 11.8. The van der Waals surface area contributed by atoms with Crippen LogP contribution in [-0.2, 0) is 4.79 Å². The number of allylic oxidation sites excluding steroid dienone is 2. The van der Waals surface area contributed by atoms with E-state index in [0.29, 0.717) is 5.92 Å². The Morgan fingerprint density at radius 2 is 2.43 bits per heavy atom. The molecule has 1 saturated carbocycles. The van der Waals surface area contributed by atoms with Gasteiger partial charge in [0.15, 0.2) is 0 Å². The number of amides is 1. The molecular weight excluding hydrogens is 174 g/mol. The van der Waals surface area contributed by atoms with Gasteiger partial charge >= 0.3 is 0 Å². The highest BCUT2D eigenvalue weighted by atomic mass is 16.2. The first-order valence-electron chi connectivity index (χ1n) is 5.13. The smallest absolute Gasteiger partial charge is 0.227 e. The predicted molar refractivity (Wildman–Crippen MR) is 53.5 cm³/mol. The molecule has 0 spiro atoms. The highest BCUT2D eigenvalue weighted by Gasteiger charge is 2.61. The quantitative estimate of drug-likeness (QED) is 0.452. The van der Waals surface area contributed by atoms with Gasteiger partial charge in [-0.2, -0.15) is 0 Å². The topological polar surface area (TPSA) is 29.1 Å². The first-order chi connectivity index (χ1) is 6.78. The predicted octanol–water partition coefficient (Wildman–Crippen LogP) is 1.55. The Labute approximate surface area is 83.4 Å². The fourth-order valence-corrected chi connectivity index (χ4v) is 3.25. The Balaban J connectivity index is 2.13. The van der Waals surface area contributed by atoms with E-state index in [4.69, 9.17) is 0 Å². The van der Waals surface area contributed by atoms with Gasteiger partial charge in [-0.1, -0.05) is 18.7 Å². The molecule has 14 heavy (non-hydrogen) atoms. The number of rotatable bonds is 0. The summed E-state index contributed by atoms with van der Waals surface area (Å²) in [5.74, 6) is 0.708. The third kappa shape index (κ3) is 0.714. The number of carbonyl (C=O) groups is 1. The van der Waals surface area contributed by atoms with Gasteiger partial charge in [0.05, 0.1) is 11.5 Å². The number of hydrogen-bond acceptors (Lipinski definition) is 1. The maximum Gasteiger partial charge on any atom is 0.227 e. The molecule has 1 saturated heterocycles. The van der Waals surface area contributed by atoms with E-state index in [0.717, 1.165) is 19.3 Å². The van der Waals surface area contributed by atoms with Gasteiger partial charge in [0.1, 0.15) is 0 Å². The second kappa shape index (κ2) is 2.40. The van der Waals surface area contributed by atoms with Crippen LogP contribution in [0.3, 0.4) is 0 Å². The minimum absolute atomic E-state index is 0.139. The zero-order valence-electron chi connectivity index (χ0n) is 8.05. The van der Waals surface area contributed by atoms with E-state index in [-0.39, 0.29) is 17.4 Å². The molecule has 1 amide bonds. The van der Waals surface area contributed by atoms with Crippen molar-refractivity contribution in [1.29, 1.82) is 0 Å². The van der Waals surface area contributed by atoms with Gasteiger partial charge in [-0.05, 0) is 24.8 Å². The third-order valence-electron chi connectivity index (χ3n) is 4.00. The van der Waals surface area contributed by atoms with Crippen molar-refractivity contribution in [2.45, 2.75) is 25.3 Å². The average molecular weight is 187 g/mol. The highest BCUT2D eigenvalue weighted by molar-refractivity contribution is 5.89. The van der Waals surface area contributed by atoms with Crippen LogP contribution in [0.1, 0.15) is 19.3 Å². The van der Waals surface area contributed by atoms with Crippen molar-refractivity contribution in [2.24, 2.45) is 11.3 Å². The molecule has 72 valence electrons. The lowest BCUT2D eigenvalue weighted by Gasteiger charge is -2.29. The van der Waals surface area contributed by atoms with Crippen molar-refractivity contribution >= 4 is 5.91 Å². The van der Waals surface area contributed by atoms with Crippen molar-refractivity contribution in [3.63, 3.8) is 0 Å². The molecule has 3 unspecified atom stereocenters. The zero-order valence-corrected chi connectivity index (χ0v) is 8.05. The maximum absolute atomic E-state index is 11.8. The number of hydrogen-bond donors (Lipinski definition) is 1. The minimum atomic E-state index is -0.139. The van der Waals surface area contributed by atoms with E-state index in [1.54, 1.807) is 0 Å². The van der Waals surface area contributed by atoms with Gasteiger partial charge in [-0.15, -0.1) is 5.73 Å². The van der Waals surface area contributed by atoms with Crippen LogP contribution in [0, 0.1) is 11.3 Å². The summed E-state index contributed by atoms with van der Waals surface area (Å²) in [5.41, 5.74) is 4.06. The van der Waals surface area contributed by atoms with Gasteiger partial charge in [0, 0.05) is 5.92 Å². The second-order valence-electron chi connectivity index (χ2n) is 4.50. The summed E-state index contributed by atoms with van der Waals surface area (Å²) < 4.78 is 0. The monoisotopic (exact) mass is 187 g/mol. The van der Waals surface area contributed by atoms with E-state index in [1.165, 1.54) is 5.57 Å². The van der Waals surface area contributed by atoms with Gasteiger partial charge in [-0.25, -0.2) is 0 Å².